The molecular weight excluding hydrogens is 410 g/mol. The van der Waals surface area contributed by atoms with Crippen molar-refractivity contribution in [1.82, 2.24) is 4.98 Å². The van der Waals surface area contributed by atoms with Gasteiger partial charge in [0.25, 0.3) is 0 Å². The second kappa shape index (κ2) is 11.1. The van der Waals surface area contributed by atoms with Crippen molar-refractivity contribution in [1.29, 1.82) is 0 Å². The minimum absolute atomic E-state index is 0.216. The SMILES string of the molecule is O=C(CCc1cccnc1)Cc1ccc(OCCc2ccccc2-c2ccccc2O)cc1. The molecule has 1 heterocycles. The average molecular weight is 438 g/mol. The van der Waals surface area contributed by atoms with E-state index in [9.17, 15) is 9.90 Å². The van der Waals surface area contributed by atoms with E-state index in [-0.39, 0.29) is 11.5 Å². The number of phenolic OH excluding ortho intramolecular Hbond substituents is 1. The summed E-state index contributed by atoms with van der Waals surface area (Å²) in [7, 11) is 0. The quantitative estimate of drug-likeness (QED) is 0.340. The van der Waals surface area contributed by atoms with E-state index in [2.05, 4.69) is 11.1 Å². The minimum Gasteiger partial charge on any atom is -0.507 e. The monoisotopic (exact) mass is 437 g/mol. The number of pyridine rings is 1. The summed E-state index contributed by atoms with van der Waals surface area (Å²) >= 11 is 0. The van der Waals surface area contributed by atoms with E-state index < -0.39 is 0 Å². The molecule has 4 heteroatoms. The van der Waals surface area contributed by atoms with Gasteiger partial charge in [-0.15, -0.1) is 0 Å². The molecule has 0 fully saturated rings. The first-order valence-electron chi connectivity index (χ1n) is 11.2. The van der Waals surface area contributed by atoms with Crippen LogP contribution in [0.4, 0.5) is 0 Å². The Kier molecular flexibility index (Phi) is 7.49. The number of ketones is 1. The number of carbonyl (C=O) groups is 1. The van der Waals surface area contributed by atoms with Crippen LogP contribution in [0.3, 0.4) is 0 Å². The third kappa shape index (κ3) is 6.30. The number of ether oxygens (including phenoxy) is 1. The van der Waals surface area contributed by atoms with Crippen LogP contribution in [0, 0.1) is 0 Å². The molecule has 0 aliphatic heterocycles. The van der Waals surface area contributed by atoms with Crippen LogP contribution in [-0.2, 0) is 24.1 Å². The molecule has 0 spiro atoms. The highest BCUT2D eigenvalue weighted by molar-refractivity contribution is 5.81. The molecular formula is C29H27NO3. The molecule has 1 aromatic heterocycles. The van der Waals surface area contributed by atoms with Crippen molar-refractivity contribution in [2.45, 2.75) is 25.7 Å². The summed E-state index contributed by atoms with van der Waals surface area (Å²) in [5, 5.41) is 10.2. The van der Waals surface area contributed by atoms with E-state index in [0.717, 1.165) is 46.4 Å². The van der Waals surface area contributed by atoms with E-state index in [1.54, 1.807) is 18.5 Å². The highest BCUT2D eigenvalue weighted by atomic mass is 16.5. The van der Waals surface area contributed by atoms with Crippen molar-refractivity contribution >= 4 is 5.78 Å². The maximum atomic E-state index is 12.3. The number of nitrogens with zero attached hydrogens (tertiary/aromatic N) is 1. The Morgan fingerprint density at radius 2 is 1.55 bits per heavy atom. The Morgan fingerprint density at radius 1 is 0.788 bits per heavy atom. The first kappa shape index (κ1) is 22.3. The molecule has 4 rings (SSSR count). The molecule has 166 valence electrons. The van der Waals surface area contributed by atoms with Gasteiger partial charge in [0.15, 0.2) is 0 Å². The van der Waals surface area contributed by atoms with E-state index >= 15 is 0 Å². The van der Waals surface area contributed by atoms with Crippen molar-refractivity contribution in [2.24, 2.45) is 0 Å². The predicted octanol–water partition coefficient (Wildman–Crippen LogP) is 5.82. The van der Waals surface area contributed by atoms with Gasteiger partial charge >= 0.3 is 0 Å². The lowest BCUT2D eigenvalue weighted by molar-refractivity contribution is -0.118. The second-order valence-electron chi connectivity index (χ2n) is 7.99. The average Bonchev–Trinajstić information content (AvgIpc) is 2.85. The van der Waals surface area contributed by atoms with Gasteiger partial charge in [-0.3, -0.25) is 9.78 Å². The Hall–Kier alpha value is -3.92. The first-order chi connectivity index (χ1) is 16.2. The lowest BCUT2D eigenvalue weighted by Crippen LogP contribution is -2.05. The predicted molar refractivity (Wildman–Crippen MR) is 130 cm³/mol. The van der Waals surface area contributed by atoms with Crippen LogP contribution < -0.4 is 4.74 Å². The van der Waals surface area contributed by atoms with E-state index in [1.807, 2.05) is 72.8 Å². The van der Waals surface area contributed by atoms with Crippen LogP contribution in [0.2, 0.25) is 0 Å². The van der Waals surface area contributed by atoms with Gasteiger partial charge in [-0.25, -0.2) is 0 Å². The van der Waals surface area contributed by atoms with Crippen molar-refractivity contribution in [3.8, 4) is 22.6 Å². The number of aromatic hydroxyl groups is 1. The van der Waals surface area contributed by atoms with E-state index in [4.69, 9.17) is 4.74 Å². The van der Waals surface area contributed by atoms with E-state index in [1.165, 1.54) is 0 Å². The molecule has 4 aromatic rings. The number of carbonyl (C=O) groups excluding carboxylic acids is 1. The Bertz CT molecular complexity index is 1190. The molecule has 0 aliphatic rings. The molecule has 0 radical (unpaired) electrons. The van der Waals surface area contributed by atoms with Crippen LogP contribution in [0.25, 0.3) is 11.1 Å². The third-order valence-electron chi connectivity index (χ3n) is 5.59. The number of para-hydroxylation sites is 1. The number of rotatable bonds is 10. The third-order valence-corrected chi connectivity index (χ3v) is 5.59. The summed E-state index contributed by atoms with van der Waals surface area (Å²) < 4.78 is 5.94. The van der Waals surface area contributed by atoms with E-state index in [0.29, 0.717) is 19.4 Å². The van der Waals surface area contributed by atoms with Crippen LogP contribution in [0.5, 0.6) is 11.5 Å². The summed E-state index contributed by atoms with van der Waals surface area (Å²) in [6.45, 7) is 0.522. The summed E-state index contributed by atoms with van der Waals surface area (Å²) in [6, 6.07) is 27.0. The van der Waals surface area contributed by atoms with Crippen LogP contribution in [-0.4, -0.2) is 22.5 Å². The Labute approximate surface area is 194 Å². The standard InChI is InChI=1S/C29H27NO3/c31-25(14-11-23-6-5-18-30-21-23)20-22-12-15-26(16-13-22)33-19-17-24-7-1-2-8-27(24)28-9-3-4-10-29(28)32/h1-10,12-13,15-16,18,21,32H,11,14,17,19-20H2. The zero-order chi connectivity index (χ0) is 22.9. The number of hydrogen-bond donors (Lipinski definition) is 1. The summed E-state index contributed by atoms with van der Waals surface area (Å²) in [5.41, 5.74) is 5.03. The molecule has 0 amide bonds. The molecule has 0 bridgehead atoms. The fourth-order valence-electron chi connectivity index (χ4n) is 3.83. The lowest BCUT2D eigenvalue weighted by Gasteiger charge is -2.12. The van der Waals surface area contributed by atoms with Crippen molar-refractivity contribution in [3.05, 3.63) is 114 Å². The molecule has 0 unspecified atom stereocenters. The van der Waals surface area contributed by atoms with Crippen molar-refractivity contribution in [2.75, 3.05) is 6.61 Å². The van der Waals surface area contributed by atoms with Crippen LogP contribution in [0.1, 0.15) is 23.1 Å². The summed E-state index contributed by atoms with van der Waals surface area (Å²) in [6.07, 6.45) is 5.92. The minimum atomic E-state index is 0.216. The number of aryl methyl sites for hydroxylation is 1. The zero-order valence-corrected chi connectivity index (χ0v) is 18.5. The van der Waals surface area contributed by atoms with Gasteiger partial charge in [0.2, 0.25) is 0 Å². The molecule has 4 nitrogen and oxygen atoms in total. The van der Waals surface area contributed by atoms with Crippen LogP contribution in [0.15, 0.2) is 97.3 Å². The van der Waals surface area contributed by atoms with Gasteiger partial charge in [0.1, 0.15) is 17.3 Å². The van der Waals surface area contributed by atoms with Crippen molar-refractivity contribution in [3.63, 3.8) is 0 Å². The van der Waals surface area contributed by atoms with Crippen LogP contribution >= 0.6 is 0 Å². The fraction of sp³-hybridized carbons (Fsp3) is 0.172. The molecule has 3 aromatic carbocycles. The van der Waals surface area contributed by atoms with Gasteiger partial charge in [0.05, 0.1) is 6.61 Å². The Morgan fingerprint density at radius 3 is 2.30 bits per heavy atom. The number of phenols is 1. The molecule has 1 N–H and O–H groups in total. The number of aromatic nitrogens is 1. The van der Waals surface area contributed by atoms with Crippen molar-refractivity contribution < 1.29 is 14.6 Å². The molecule has 0 aliphatic carbocycles. The van der Waals surface area contributed by atoms with Gasteiger partial charge < -0.3 is 9.84 Å². The van der Waals surface area contributed by atoms with Gasteiger partial charge in [-0.2, -0.15) is 0 Å². The van der Waals surface area contributed by atoms with Gasteiger partial charge in [0, 0.05) is 37.2 Å². The highest BCUT2D eigenvalue weighted by Gasteiger charge is 2.09. The molecule has 0 atom stereocenters. The van der Waals surface area contributed by atoms with Gasteiger partial charge in [-0.05, 0) is 52.9 Å². The maximum absolute atomic E-state index is 12.3. The Balaban J connectivity index is 1.28. The fourth-order valence-corrected chi connectivity index (χ4v) is 3.83. The first-order valence-corrected chi connectivity index (χ1v) is 11.2. The number of benzene rings is 3. The topological polar surface area (TPSA) is 59.4 Å². The molecule has 0 saturated carbocycles. The smallest absolute Gasteiger partial charge is 0.137 e. The highest BCUT2D eigenvalue weighted by Crippen LogP contribution is 2.31. The zero-order valence-electron chi connectivity index (χ0n) is 18.5. The normalized spacial score (nSPS) is 10.7. The maximum Gasteiger partial charge on any atom is 0.137 e. The molecule has 0 saturated heterocycles. The summed E-state index contributed by atoms with van der Waals surface area (Å²) in [4.78, 5) is 16.4. The number of Topliss-reactive ketones (excluding diaryl/α,β-unsaturated/α-hetero) is 1. The second-order valence-corrected chi connectivity index (χ2v) is 7.99. The van der Waals surface area contributed by atoms with Gasteiger partial charge in [-0.1, -0.05) is 60.7 Å². The lowest BCUT2D eigenvalue weighted by atomic mass is 9.97. The summed E-state index contributed by atoms with van der Waals surface area (Å²) in [5.74, 6) is 1.27. The molecule has 33 heavy (non-hydrogen) atoms. The largest absolute Gasteiger partial charge is 0.507 e. The number of hydrogen-bond acceptors (Lipinski definition) is 4.